The van der Waals surface area contributed by atoms with E-state index in [1.54, 1.807) is 0 Å². The first-order chi connectivity index (χ1) is 9.50. The molecule has 20 heavy (non-hydrogen) atoms. The van der Waals surface area contributed by atoms with E-state index in [4.69, 9.17) is 0 Å². The van der Waals surface area contributed by atoms with Gasteiger partial charge in [0.25, 0.3) is 0 Å². The van der Waals surface area contributed by atoms with E-state index in [1.807, 2.05) is 4.90 Å². The monoisotopic (exact) mass is 281 g/mol. The van der Waals surface area contributed by atoms with Crippen LogP contribution in [-0.4, -0.2) is 48.9 Å². The molecule has 2 aliphatic rings. The van der Waals surface area contributed by atoms with Crippen LogP contribution in [0.3, 0.4) is 0 Å². The van der Waals surface area contributed by atoms with E-state index in [2.05, 4.69) is 24.5 Å². The molecule has 1 atom stereocenters. The highest BCUT2D eigenvalue weighted by molar-refractivity contribution is 5.88. The van der Waals surface area contributed by atoms with Crippen LogP contribution in [0.2, 0.25) is 0 Å². The van der Waals surface area contributed by atoms with E-state index in [1.165, 1.54) is 6.42 Å². The summed E-state index contributed by atoms with van der Waals surface area (Å²) in [6.45, 7) is 6.89. The lowest BCUT2D eigenvalue weighted by molar-refractivity contribution is -0.135. The molecule has 2 saturated heterocycles. The standard InChI is InChI=1S/C15H27N3O2/c1-15(2)7-6-8-16-13(15)14(20)17-11-12(19)18-9-4-3-5-10-18/h13,16H,3-11H2,1-2H3,(H,17,20). The van der Waals surface area contributed by atoms with Crippen LogP contribution >= 0.6 is 0 Å². The highest BCUT2D eigenvalue weighted by Crippen LogP contribution is 2.30. The Kier molecular flexibility index (Phi) is 5.02. The van der Waals surface area contributed by atoms with Crippen LogP contribution in [0.4, 0.5) is 0 Å². The molecule has 2 rings (SSSR count). The van der Waals surface area contributed by atoms with E-state index in [0.717, 1.165) is 45.3 Å². The summed E-state index contributed by atoms with van der Waals surface area (Å²) < 4.78 is 0. The van der Waals surface area contributed by atoms with Crippen molar-refractivity contribution in [1.82, 2.24) is 15.5 Å². The van der Waals surface area contributed by atoms with Gasteiger partial charge in [-0.1, -0.05) is 13.8 Å². The summed E-state index contributed by atoms with van der Waals surface area (Å²) in [5.41, 5.74) is -0.0451. The number of amides is 2. The summed E-state index contributed by atoms with van der Waals surface area (Å²) in [6.07, 6.45) is 5.51. The SMILES string of the molecule is CC1(C)CCCNC1C(=O)NCC(=O)N1CCCCC1. The first-order valence-electron chi connectivity index (χ1n) is 7.79. The molecule has 2 N–H and O–H groups in total. The molecule has 0 aromatic heterocycles. The van der Waals surface area contributed by atoms with Gasteiger partial charge in [-0.05, 0) is 44.1 Å². The zero-order chi connectivity index (χ0) is 14.6. The molecule has 0 spiro atoms. The molecule has 2 amide bonds. The Morgan fingerprint density at radius 3 is 2.55 bits per heavy atom. The summed E-state index contributed by atoms with van der Waals surface area (Å²) in [5.74, 6) is 0.00623. The number of hydrogen-bond donors (Lipinski definition) is 2. The number of carbonyl (C=O) groups excluding carboxylic acids is 2. The predicted molar refractivity (Wildman–Crippen MR) is 78.2 cm³/mol. The second-order valence-corrected chi connectivity index (χ2v) is 6.64. The summed E-state index contributed by atoms with van der Waals surface area (Å²) >= 11 is 0. The fraction of sp³-hybridized carbons (Fsp3) is 0.867. The van der Waals surface area contributed by atoms with Crippen LogP contribution in [0.15, 0.2) is 0 Å². The molecule has 0 saturated carbocycles. The van der Waals surface area contributed by atoms with Gasteiger partial charge in [-0.2, -0.15) is 0 Å². The third-order valence-corrected chi connectivity index (χ3v) is 4.51. The Morgan fingerprint density at radius 1 is 1.20 bits per heavy atom. The van der Waals surface area contributed by atoms with Gasteiger partial charge in [0.1, 0.15) is 0 Å². The molecule has 0 aromatic carbocycles. The van der Waals surface area contributed by atoms with Crippen LogP contribution < -0.4 is 10.6 Å². The van der Waals surface area contributed by atoms with Gasteiger partial charge < -0.3 is 15.5 Å². The number of carbonyl (C=O) groups is 2. The number of likely N-dealkylation sites (tertiary alicyclic amines) is 1. The molecule has 2 aliphatic heterocycles. The fourth-order valence-electron chi connectivity index (χ4n) is 3.18. The molecule has 0 bridgehead atoms. The van der Waals surface area contributed by atoms with Gasteiger partial charge in [-0.3, -0.25) is 9.59 Å². The minimum Gasteiger partial charge on any atom is -0.346 e. The molecular formula is C15H27N3O2. The molecule has 0 aromatic rings. The highest BCUT2D eigenvalue weighted by Gasteiger charge is 2.37. The van der Waals surface area contributed by atoms with E-state index in [0.29, 0.717) is 0 Å². The molecule has 114 valence electrons. The topological polar surface area (TPSA) is 61.4 Å². The maximum atomic E-state index is 12.3. The second kappa shape index (κ2) is 6.57. The van der Waals surface area contributed by atoms with Gasteiger partial charge in [0, 0.05) is 13.1 Å². The Labute approximate surface area is 121 Å². The first-order valence-corrected chi connectivity index (χ1v) is 7.79. The van der Waals surface area contributed by atoms with E-state index in [9.17, 15) is 9.59 Å². The molecule has 2 heterocycles. The average molecular weight is 281 g/mol. The van der Waals surface area contributed by atoms with Crippen molar-refractivity contribution in [3.8, 4) is 0 Å². The quantitative estimate of drug-likeness (QED) is 0.808. The lowest BCUT2D eigenvalue weighted by atomic mass is 9.77. The van der Waals surface area contributed by atoms with Crippen molar-refractivity contribution in [3.63, 3.8) is 0 Å². The van der Waals surface area contributed by atoms with Gasteiger partial charge in [-0.15, -0.1) is 0 Å². The van der Waals surface area contributed by atoms with Crippen LogP contribution in [0.25, 0.3) is 0 Å². The Bertz CT molecular complexity index is 362. The van der Waals surface area contributed by atoms with Crippen molar-refractivity contribution < 1.29 is 9.59 Å². The highest BCUT2D eigenvalue weighted by atomic mass is 16.2. The van der Waals surface area contributed by atoms with Crippen molar-refractivity contribution in [3.05, 3.63) is 0 Å². The fourth-order valence-corrected chi connectivity index (χ4v) is 3.18. The van der Waals surface area contributed by atoms with Gasteiger partial charge in [0.15, 0.2) is 0 Å². The van der Waals surface area contributed by atoms with Crippen LogP contribution in [0.5, 0.6) is 0 Å². The largest absolute Gasteiger partial charge is 0.346 e. The first kappa shape index (κ1) is 15.3. The second-order valence-electron chi connectivity index (χ2n) is 6.64. The smallest absolute Gasteiger partial charge is 0.241 e. The van der Waals surface area contributed by atoms with Crippen molar-refractivity contribution in [2.75, 3.05) is 26.2 Å². The van der Waals surface area contributed by atoms with Crippen LogP contribution in [-0.2, 0) is 9.59 Å². The van der Waals surface area contributed by atoms with Gasteiger partial charge in [-0.25, -0.2) is 0 Å². The Hall–Kier alpha value is -1.10. The lowest BCUT2D eigenvalue weighted by Gasteiger charge is -2.38. The maximum absolute atomic E-state index is 12.3. The van der Waals surface area contributed by atoms with Crippen molar-refractivity contribution in [1.29, 1.82) is 0 Å². The van der Waals surface area contributed by atoms with Crippen molar-refractivity contribution in [2.24, 2.45) is 5.41 Å². The number of hydrogen-bond acceptors (Lipinski definition) is 3. The Morgan fingerprint density at radius 2 is 1.90 bits per heavy atom. The Balaban J connectivity index is 1.80. The van der Waals surface area contributed by atoms with Crippen LogP contribution in [0.1, 0.15) is 46.0 Å². The minimum absolute atomic E-state index is 0.0416. The van der Waals surface area contributed by atoms with E-state index >= 15 is 0 Å². The molecule has 1 unspecified atom stereocenters. The minimum atomic E-state index is -0.189. The van der Waals surface area contributed by atoms with Gasteiger partial charge >= 0.3 is 0 Å². The zero-order valence-electron chi connectivity index (χ0n) is 12.7. The molecule has 0 aliphatic carbocycles. The van der Waals surface area contributed by atoms with Crippen molar-refractivity contribution in [2.45, 2.75) is 52.0 Å². The predicted octanol–water partition coefficient (Wildman–Crippen LogP) is 0.893. The molecule has 0 radical (unpaired) electrons. The van der Waals surface area contributed by atoms with Gasteiger partial charge in [0.05, 0.1) is 12.6 Å². The van der Waals surface area contributed by atoms with Crippen LogP contribution in [0, 0.1) is 5.41 Å². The van der Waals surface area contributed by atoms with Crippen molar-refractivity contribution >= 4 is 11.8 Å². The number of piperidine rings is 2. The van der Waals surface area contributed by atoms with E-state index in [-0.39, 0.29) is 29.8 Å². The zero-order valence-corrected chi connectivity index (χ0v) is 12.7. The molecule has 5 heteroatoms. The number of rotatable bonds is 3. The molecule has 5 nitrogen and oxygen atoms in total. The van der Waals surface area contributed by atoms with E-state index < -0.39 is 0 Å². The molecular weight excluding hydrogens is 254 g/mol. The van der Waals surface area contributed by atoms with Gasteiger partial charge in [0.2, 0.25) is 11.8 Å². The number of nitrogens with zero attached hydrogens (tertiary/aromatic N) is 1. The average Bonchev–Trinajstić information content (AvgIpc) is 2.45. The lowest BCUT2D eigenvalue weighted by Crippen LogP contribution is -2.56. The third kappa shape index (κ3) is 3.72. The summed E-state index contributed by atoms with van der Waals surface area (Å²) in [6, 6.07) is -0.189. The third-order valence-electron chi connectivity index (χ3n) is 4.51. The maximum Gasteiger partial charge on any atom is 0.241 e. The number of nitrogens with one attached hydrogen (secondary N) is 2. The summed E-state index contributed by atoms with van der Waals surface area (Å²) in [4.78, 5) is 26.2. The molecule has 2 fully saturated rings. The summed E-state index contributed by atoms with van der Waals surface area (Å²) in [7, 11) is 0. The normalized spacial score (nSPS) is 26.1. The summed E-state index contributed by atoms with van der Waals surface area (Å²) in [5, 5.41) is 6.09.